The van der Waals surface area contributed by atoms with E-state index in [0.29, 0.717) is 28.3 Å². The third kappa shape index (κ3) is 2.58. The first-order valence-corrected chi connectivity index (χ1v) is 5.91. The van der Waals surface area contributed by atoms with Gasteiger partial charge in [0, 0.05) is 17.2 Å². The molecule has 0 bridgehead atoms. The van der Waals surface area contributed by atoms with Crippen molar-refractivity contribution < 1.29 is 13.9 Å². The van der Waals surface area contributed by atoms with E-state index in [-0.39, 0.29) is 5.02 Å². The first kappa shape index (κ1) is 13.5. The third-order valence-electron chi connectivity index (χ3n) is 2.79. The zero-order chi connectivity index (χ0) is 14.0. The van der Waals surface area contributed by atoms with Crippen LogP contribution in [-0.4, -0.2) is 14.2 Å². The highest BCUT2D eigenvalue weighted by atomic mass is 35.5. The van der Waals surface area contributed by atoms with Gasteiger partial charge in [0.1, 0.15) is 17.3 Å². The molecule has 2 aromatic rings. The van der Waals surface area contributed by atoms with Crippen LogP contribution in [0.3, 0.4) is 0 Å². The van der Waals surface area contributed by atoms with E-state index in [9.17, 15) is 4.39 Å². The quantitative estimate of drug-likeness (QED) is 0.872. The van der Waals surface area contributed by atoms with Crippen molar-refractivity contribution in [2.45, 2.75) is 0 Å². The standard InChI is InChI=1S/C14H13ClFNO2/c1-18-9-3-4-10(13(7-9)19-2)11-5-8(16)6-12(15)14(11)17/h3-7H,17H2,1-2H3. The first-order valence-electron chi connectivity index (χ1n) is 5.53. The monoisotopic (exact) mass is 281 g/mol. The minimum atomic E-state index is -0.452. The lowest BCUT2D eigenvalue weighted by Crippen LogP contribution is -1.96. The molecule has 0 heterocycles. The molecule has 0 amide bonds. The van der Waals surface area contributed by atoms with Gasteiger partial charge in [0.05, 0.1) is 24.9 Å². The molecule has 5 heteroatoms. The maximum Gasteiger partial charge on any atom is 0.130 e. The van der Waals surface area contributed by atoms with Gasteiger partial charge in [-0.2, -0.15) is 0 Å². The van der Waals surface area contributed by atoms with Crippen molar-refractivity contribution in [2.75, 3.05) is 20.0 Å². The Bertz CT molecular complexity index is 617. The van der Waals surface area contributed by atoms with E-state index in [2.05, 4.69) is 0 Å². The van der Waals surface area contributed by atoms with Crippen LogP contribution in [0, 0.1) is 5.82 Å². The number of nitrogens with two attached hydrogens (primary N) is 1. The van der Waals surface area contributed by atoms with Gasteiger partial charge in [0.25, 0.3) is 0 Å². The summed E-state index contributed by atoms with van der Waals surface area (Å²) >= 11 is 5.89. The second kappa shape index (κ2) is 5.36. The maximum absolute atomic E-state index is 13.5. The van der Waals surface area contributed by atoms with Gasteiger partial charge in [-0.15, -0.1) is 0 Å². The summed E-state index contributed by atoms with van der Waals surface area (Å²) in [6.45, 7) is 0. The van der Waals surface area contributed by atoms with Gasteiger partial charge >= 0.3 is 0 Å². The van der Waals surface area contributed by atoms with Crippen LogP contribution in [0.25, 0.3) is 11.1 Å². The van der Waals surface area contributed by atoms with Gasteiger partial charge < -0.3 is 15.2 Å². The fraction of sp³-hybridized carbons (Fsp3) is 0.143. The highest BCUT2D eigenvalue weighted by molar-refractivity contribution is 6.33. The van der Waals surface area contributed by atoms with E-state index >= 15 is 0 Å². The molecule has 2 aromatic carbocycles. The van der Waals surface area contributed by atoms with E-state index in [1.54, 1.807) is 25.3 Å². The molecular formula is C14H13ClFNO2. The fourth-order valence-corrected chi connectivity index (χ4v) is 2.03. The Balaban J connectivity index is 2.65. The van der Waals surface area contributed by atoms with Crippen LogP contribution in [0.5, 0.6) is 11.5 Å². The second-order valence-corrected chi connectivity index (χ2v) is 4.32. The van der Waals surface area contributed by atoms with Gasteiger partial charge in [-0.25, -0.2) is 4.39 Å². The number of nitrogen functional groups attached to an aromatic ring is 1. The lowest BCUT2D eigenvalue weighted by molar-refractivity contribution is 0.395. The van der Waals surface area contributed by atoms with Gasteiger partial charge in [-0.05, 0) is 24.3 Å². The number of hydrogen-bond acceptors (Lipinski definition) is 3. The molecule has 0 aliphatic rings. The Hall–Kier alpha value is -1.94. The van der Waals surface area contributed by atoms with Crippen molar-refractivity contribution in [2.24, 2.45) is 0 Å². The first-order chi connectivity index (χ1) is 9.06. The molecule has 0 aliphatic heterocycles. The summed E-state index contributed by atoms with van der Waals surface area (Å²) < 4.78 is 23.9. The third-order valence-corrected chi connectivity index (χ3v) is 3.11. The molecule has 0 aromatic heterocycles. The average molecular weight is 282 g/mol. The minimum Gasteiger partial charge on any atom is -0.497 e. The Labute approximate surface area is 115 Å². The lowest BCUT2D eigenvalue weighted by atomic mass is 10.0. The van der Waals surface area contributed by atoms with Crippen LogP contribution in [0.15, 0.2) is 30.3 Å². The number of benzene rings is 2. The van der Waals surface area contributed by atoms with Crippen molar-refractivity contribution in [1.29, 1.82) is 0 Å². The summed E-state index contributed by atoms with van der Waals surface area (Å²) in [5.41, 5.74) is 7.35. The number of anilines is 1. The minimum absolute atomic E-state index is 0.174. The average Bonchev–Trinajstić information content (AvgIpc) is 2.42. The zero-order valence-electron chi connectivity index (χ0n) is 10.5. The molecule has 100 valence electrons. The number of hydrogen-bond donors (Lipinski definition) is 1. The normalized spacial score (nSPS) is 10.3. The highest BCUT2D eigenvalue weighted by Gasteiger charge is 2.14. The summed E-state index contributed by atoms with van der Waals surface area (Å²) in [6, 6.07) is 7.70. The van der Waals surface area contributed by atoms with E-state index in [1.165, 1.54) is 19.2 Å². The van der Waals surface area contributed by atoms with Crippen molar-refractivity contribution in [3.63, 3.8) is 0 Å². The van der Waals surface area contributed by atoms with E-state index < -0.39 is 5.82 Å². The Morgan fingerprint density at radius 3 is 2.42 bits per heavy atom. The zero-order valence-corrected chi connectivity index (χ0v) is 11.3. The van der Waals surface area contributed by atoms with Crippen LogP contribution >= 0.6 is 11.6 Å². The highest BCUT2D eigenvalue weighted by Crippen LogP contribution is 2.39. The summed E-state index contributed by atoms with van der Waals surface area (Å²) in [5, 5.41) is 0.174. The van der Waals surface area contributed by atoms with E-state index in [1.807, 2.05) is 0 Å². The fourth-order valence-electron chi connectivity index (χ4n) is 1.83. The van der Waals surface area contributed by atoms with Gasteiger partial charge in [-0.3, -0.25) is 0 Å². The van der Waals surface area contributed by atoms with Gasteiger partial charge in [-0.1, -0.05) is 11.6 Å². The molecule has 0 spiro atoms. The largest absolute Gasteiger partial charge is 0.497 e. The maximum atomic E-state index is 13.5. The van der Waals surface area contributed by atoms with Crippen LogP contribution in [0.4, 0.5) is 10.1 Å². The van der Waals surface area contributed by atoms with Crippen molar-refractivity contribution in [3.8, 4) is 22.6 Å². The second-order valence-electron chi connectivity index (χ2n) is 3.92. The van der Waals surface area contributed by atoms with Crippen LogP contribution < -0.4 is 15.2 Å². The molecule has 2 rings (SSSR count). The van der Waals surface area contributed by atoms with Crippen molar-refractivity contribution in [1.82, 2.24) is 0 Å². The predicted molar refractivity (Wildman–Crippen MR) is 74.4 cm³/mol. The number of methoxy groups -OCH3 is 2. The predicted octanol–water partition coefficient (Wildman–Crippen LogP) is 3.75. The molecule has 0 radical (unpaired) electrons. The molecule has 0 unspecified atom stereocenters. The SMILES string of the molecule is COc1ccc(-c2cc(F)cc(Cl)c2N)c(OC)c1. The molecule has 2 N–H and O–H groups in total. The molecule has 0 saturated heterocycles. The van der Waals surface area contributed by atoms with Gasteiger partial charge in [0.15, 0.2) is 0 Å². The van der Waals surface area contributed by atoms with Crippen LogP contribution in [-0.2, 0) is 0 Å². The molecule has 19 heavy (non-hydrogen) atoms. The van der Waals surface area contributed by atoms with Gasteiger partial charge in [0.2, 0.25) is 0 Å². The summed E-state index contributed by atoms with van der Waals surface area (Å²) in [6.07, 6.45) is 0. The molecule has 3 nitrogen and oxygen atoms in total. The summed E-state index contributed by atoms with van der Waals surface area (Å²) in [7, 11) is 3.08. The molecule has 0 fully saturated rings. The van der Waals surface area contributed by atoms with E-state index in [0.717, 1.165) is 0 Å². The molecule has 0 aliphatic carbocycles. The lowest BCUT2D eigenvalue weighted by Gasteiger charge is -2.13. The molecular weight excluding hydrogens is 269 g/mol. The van der Waals surface area contributed by atoms with Crippen molar-refractivity contribution >= 4 is 17.3 Å². The number of ether oxygens (including phenoxy) is 2. The summed E-state index contributed by atoms with van der Waals surface area (Å²) in [4.78, 5) is 0. The number of rotatable bonds is 3. The topological polar surface area (TPSA) is 44.5 Å². The van der Waals surface area contributed by atoms with Crippen LogP contribution in [0.2, 0.25) is 5.02 Å². The number of halogens is 2. The van der Waals surface area contributed by atoms with Crippen molar-refractivity contribution in [3.05, 3.63) is 41.2 Å². The molecule has 0 saturated carbocycles. The molecule has 0 atom stereocenters. The Morgan fingerprint density at radius 1 is 1.05 bits per heavy atom. The smallest absolute Gasteiger partial charge is 0.130 e. The van der Waals surface area contributed by atoms with Crippen LogP contribution in [0.1, 0.15) is 0 Å². The Kier molecular flexibility index (Phi) is 3.81. The Morgan fingerprint density at radius 2 is 1.79 bits per heavy atom. The summed E-state index contributed by atoms with van der Waals surface area (Å²) in [5.74, 6) is 0.724. The van der Waals surface area contributed by atoms with E-state index in [4.69, 9.17) is 26.8 Å².